The van der Waals surface area contributed by atoms with Gasteiger partial charge >= 0.3 is 5.97 Å². The van der Waals surface area contributed by atoms with Gasteiger partial charge in [-0.05, 0) is 91.2 Å². The Labute approximate surface area is 335 Å². The highest BCUT2D eigenvalue weighted by Crippen LogP contribution is 2.37. The van der Waals surface area contributed by atoms with Crippen molar-refractivity contribution in [3.8, 4) is 39.8 Å². The molecule has 57 heavy (non-hydrogen) atoms. The van der Waals surface area contributed by atoms with Crippen LogP contribution in [0.3, 0.4) is 0 Å². The Morgan fingerprint density at radius 2 is 1.67 bits per heavy atom. The third kappa shape index (κ3) is 9.48. The van der Waals surface area contributed by atoms with Gasteiger partial charge in [0.25, 0.3) is 5.56 Å². The number of pyridine rings is 1. The van der Waals surface area contributed by atoms with Crippen molar-refractivity contribution in [2.24, 2.45) is 0 Å². The molecule has 0 saturated carbocycles. The number of nitrogens with zero attached hydrogens (tertiary/aromatic N) is 5. The quantitative estimate of drug-likeness (QED) is 0.0979. The van der Waals surface area contributed by atoms with Crippen molar-refractivity contribution in [1.29, 1.82) is 5.26 Å². The first-order valence-corrected chi connectivity index (χ1v) is 18.7. The van der Waals surface area contributed by atoms with Gasteiger partial charge in [-0.25, -0.2) is 4.98 Å². The number of fused-ring (bicyclic) bond motifs is 1. The first kappa shape index (κ1) is 40.6. The van der Waals surface area contributed by atoms with Crippen LogP contribution in [-0.4, -0.2) is 68.9 Å². The second-order valence-electron chi connectivity index (χ2n) is 13.9. The minimum absolute atomic E-state index is 0.0382. The molecular formula is C44H43ClN6O6. The second-order valence-corrected chi connectivity index (χ2v) is 14.3. The lowest BCUT2D eigenvalue weighted by Crippen LogP contribution is -2.39. The van der Waals surface area contributed by atoms with Crippen molar-refractivity contribution in [2.45, 2.75) is 46.2 Å². The molecule has 0 spiro atoms. The summed E-state index contributed by atoms with van der Waals surface area (Å²) in [6, 6.07) is 24.2. The number of aliphatic hydroxyl groups is 1. The van der Waals surface area contributed by atoms with Crippen LogP contribution in [0, 0.1) is 25.2 Å². The number of carboxylic acids is 1. The third-order valence-electron chi connectivity index (χ3n) is 9.83. The van der Waals surface area contributed by atoms with Gasteiger partial charge in [0.15, 0.2) is 0 Å². The Kier molecular flexibility index (Phi) is 13.0. The van der Waals surface area contributed by atoms with Gasteiger partial charge in [-0.3, -0.25) is 19.9 Å². The molecule has 0 fully saturated rings. The molecule has 4 aromatic carbocycles. The van der Waals surface area contributed by atoms with Crippen molar-refractivity contribution in [3.05, 3.63) is 140 Å². The average Bonchev–Trinajstić information content (AvgIpc) is 3.20. The standard InChI is InChI=1S/C44H43ClN6O6/c1-27-32(26-57-42-18-41(56-25-30-15-29(19-46)20-47-21-30)33(16-37(42)45)22-48-39(24-52)44(54)55)7-5-9-35(27)36-10-6-8-34(28(36)2)31-11-12-40-38(17-31)49-23-43(53)51(40)14-13-50(3)4/h5-12,15-18,20-21,23,39,48,52H,13-14,22,24-26H2,1-4H3,(H,54,55)/t39-/m0/s1. The number of aromatic nitrogens is 3. The zero-order chi connectivity index (χ0) is 40.6. The Hall–Kier alpha value is -6.10. The second kappa shape index (κ2) is 18.2. The number of hydrogen-bond donors (Lipinski definition) is 3. The monoisotopic (exact) mass is 786 g/mol. The molecule has 13 heteroatoms. The van der Waals surface area contributed by atoms with E-state index in [4.69, 9.17) is 21.1 Å². The van der Waals surface area contributed by atoms with Gasteiger partial charge in [0.2, 0.25) is 0 Å². The fourth-order valence-electron chi connectivity index (χ4n) is 6.60. The van der Waals surface area contributed by atoms with Crippen LogP contribution in [0.15, 0.2) is 96.2 Å². The summed E-state index contributed by atoms with van der Waals surface area (Å²) < 4.78 is 14.2. The normalized spacial score (nSPS) is 11.8. The Bertz CT molecular complexity index is 2530. The smallest absolute Gasteiger partial charge is 0.323 e. The van der Waals surface area contributed by atoms with Crippen LogP contribution in [0.25, 0.3) is 33.3 Å². The predicted molar refractivity (Wildman–Crippen MR) is 219 cm³/mol. The first-order valence-electron chi connectivity index (χ1n) is 18.3. The number of aliphatic carboxylic acids is 1. The van der Waals surface area contributed by atoms with E-state index in [-0.39, 0.29) is 25.3 Å². The number of benzene rings is 4. The van der Waals surface area contributed by atoms with Crippen molar-refractivity contribution < 1.29 is 24.5 Å². The number of nitrogens with one attached hydrogen (secondary N) is 1. The maximum atomic E-state index is 12.7. The van der Waals surface area contributed by atoms with Crippen LogP contribution >= 0.6 is 11.6 Å². The predicted octanol–water partition coefficient (Wildman–Crippen LogP) is 6.52. The molecule has 0 unspecified atom stereocenters. The summed E-state index contributed by atoms with van der Waals surface area (Å²) in [4.78, 5) is 34.8. The molecule has 0 bridgehead atoms. The van der Waals surface area contributed by atoms with Gasteiger partial charge in [-0.1, -0.05) is 54.1 Å². The zero-order valence-electron chi connectivity index (χ0n) is 32.1. The molecule has 3 N–H and O–H groups in total. The Morgan fingerprint density at radius 3 is 2.40 bits per heavy atom. The van der Waals surface area contributed by atoms with E-state index in [2.05, 4.69) is 53.4 Å². The molecule has 292 valence electrons. The van der Waals surface area contributed by atoms with Crippen LogP contribution < -0.4 is 20.3 Å². The molecule has 0 aliphatic carbocycles. The van der Waals surface area contributed by atoms with E-state index in [1.807, 2.05) is 55.4 Å². The molecule has 0 saturated heterocycles. The number of carbonyl (C=O) groups is 1. The summed E-state index contributed by atoms with van der Waals surface area (Å²) in [5.41, 5.74) is 10.3. The minimum Gasteiger partial charge on any atom is -0.488 e. The van der Waals surface area contributed by atoms with Crippen LogP contribution in [0.2, 0.25) is 5.02 Å². The van der Waals surface area contributed by atoms with Gasteiger partial charge in [-0.2, -0.15) is 5.26 Å². The molecule has 6 rings (SSSR count). The summed E-state index contributed by atoms with van der Waals surface area (Å²) in [5, 5.41) is 31.4. The van der Waals surface area contributed by atoms with Gasteiger partial charge < -0.3 is 29.2 Å². The number of carboxylic acid groups (broad SMARTS) is 1. The SMILES string of the molecule is Cc1c(COc2cc(OCc3cncc(C#N)c3)c(CN[C@@H](CO)C(=O)O)cc2Cl)cccc1-c1cccc(-c2ccc3c(c2)ncc(=O)n3CCN(C)C)c1C. The molecule has 2 heterocycles. The number of halogens is 1. The largest absolute Gasteiger partial charge is 0.488 e. The number of likely N-dealkylation sites (N-methyl/N-ethyl adjacent to an activating group) is 1. The summed E-state index contributed by atoms with van der Waals surface area (Å²) >= 11 is 6.74. The average molecular weight is 787 g/mol. The lowest BCUT2D eigenvalue weighted by atomic mass is 9.89. The van der Waals surface area contributed by atoms with E-state index in [0.29, 0.717) is 39.8 Å². The lowest BCUT2D eigenvalue weighted by Gasteiger charge is -2.19. The van der Waals surface area contributed by atoms with Crippen molar-refractivity contribution >= 4 is 28.6 Å². The van der Waals surface area contributed by atoms with Crippen LogP contribution in [0.5, 0.6) is 11.5 Å². The van der Waals surface area contributed by atoms with E-state index < -0.39 is 18.6 Å². The van der Waals surface area contributed by atoms with Gasteiger partial charge in [-0.15, -0.1) is 0 Å². The van der Waals surface area contributed by atoms with Crippen LogP contribution in [-0.2, 0) is 31.1 Å². The highest BCUT2D eigenvalue weighted by Gasteiger charge is 2.19. The molecule has 1 atom stereocenters. The summed E-state index contributed by atoms with van der Waals surface area (Å²) in [7, 11) is 3.96. The summed E-state index contributed by atoms with van der Waals surface area (Å²) in [6.45, 7) is 5.17. The van der Waals surface area contributed by atoms with Crippen LogP contribution in [0.4, 0.5) is 0 Å². The van der Waals surface area contributed by atoms with Crippen molar-refractivity contribution in [3.63, 3.8) is 0 Å². The first-order chi connectivity index (χ1) is 27.5. The molecular weight excluding hydrogens is 744 g/mol. The maximum absolute atomic E-state index is 12.7. The number of aliphatic hydroxyl groups excluding tert-OH is 1. The van der Waals surface area contributed by atoms with Crippen molar-refractivity contribution in [1.82, 2.24) is 24.8 Å². The van der Waals surface area contributed by atoms with Gasteiger partial charge in [0.05, 0.1) is 34.4 Å². The van der Waals surface area contributed by atoms with E-state index in [0.717, 1.165) is 56.5 Å². The zero-order valence-corrected chi connectivity index (χ0v) is 32.9. The van der Waals surface area contributed by atoms with E-state index in [9.17, 15) is 25.1 Å². The summed E-state index contributed by atoms with van der Waals surface area (Å²) in [6.07, 6.45) is 4.44. The fourth-order valence-corrected chi connectivity index (χ4v) is 6.85. The highest BCUT2D eigenvalue weighted by molar-refractivity contribution is 6.32. The molecule has 0 aliphatic rings. The van der Waals surface area contributed by atoms with E-state index in [1.54, 1.807) is 29.0 Å². The van der Waals surface area contributed by atoms with Gasteiger partial charge in [0.1, 0.15) is 36.8 Å². The molecule has 2 aromatic heterocycles. The number of rotatable bonds is 16. The van der Waals surface area contributed by atoms with E-state index >= 15 is 0 Å². The maximum Gasteiger partial charge on any atom is 0.323 e. The molecule has 12 nitrogen and oxygen atoms in total. The lowest BCUT2D eigenvalue weighted by molar-refractivity contribution is -0.140. The van der Waals surface area contributed by atoms with Gasteiger partial charge in [0, 0.05) is 49.2 Å². The molecule has 0 radical (unpaired) electrons. The van der Waals surface area contributed by atoms with E-state index in [1.165, 1.54) is 12.4 Å². The fraction of sp³-hybridized carbons (Fsp3) is 0.250. The Morgan fingerprint density at radius 1 is 0.930 bits per heavy atom. The topological polar surface area (TPSA) is 163 Å². The van der Waals surface area contributed by atoms with Crippen molar-refractivity contribution in [2.75, 3.05) is 27.2 Å². The third-order valence-corrected chi connectivity index (χ3v) is 10.1. The number of hydrogen-bond acceptors (Lipinski definition) is 10. The molecule has 0 aliphatic heterocycles. The summed E-state index contributed by atoms with van der Waals surface area (Å²) in [5.74, 6) is -0.457. The number of ether oxygens (including phenoxy) is 2. The Balaban J connectivity index is 1.26. The minimum atomic E-state index is -1.19. The number of nitriles is 1. The molecule has 0 amide bonds. The highest BCUT2D eigenvalue weighted by atomic mass is 35.5. The molecule has 6 aromatic rings. The van der Waals surface area contributed by atoms with Crippen LogP contribution in [0.1, 0.15) is 33.4 Å².